The van der Waals surface area contributed by atoms with Crippen LogP contribution in [0.5, 0.6) is 0 Å². The zero-order valence-electron chi connectivity index (χ0n) is 10.9. The van der Waals surface area contributed by atoms with Gasteiger partial charge in [0.05, 0.1) is 6.42 Å². The highest BCUT2D eigenvalue weighted by atomic mass is 16.4. The van der Waals surface area contributed by atoms with Crippen LogP contribution >= 0.6 is 0 Å². The summed E-state index contributed by atoms with van der Waals surface area (Å²) in [6, 6.07) is -0.179. The van der Waals surface area contributed by atoms with Crippen molar-refractivity contribution in [2.24, 2.45) is 11.3 Å². The SMILES string of the molecule is CC1(C(=O)NC(CC(=O)O)C2CC2)CCNCC1. The summed E-state index contributed by atoms with van der Waals surface area (Å²) in [7, 11) is 0. The van der Waals surface area contributed by atoms with Gasteiger partial charge in [0.1, 0.15) is 0 Å². The van der Waals surface area contributed by atoms with E-state index in [9.17, 15) is 9.59 Å². The summed E-state index contributed by atoms with van der Waals surface area (Å²) in [5.41, 5.74) is -0.336. The number of carboxylic acids is 1. The van der Waals surface area contributed by atoms with E-state index in [1.807, 2.05) is 6.92 Å². The third kappa shape index (κ3) is 3.22. The van der Waals surface area contributed by atoms with Crippen LogP contribution in [0.25, 0.3) is 0 Å². The molecule has 1 amide bonds. The van der Waals surface area contributed by atoms with Gasteiger partial charge in [-0.1, -0.05) is 6.92 Å². The number of piperidine rings is 1. The summed E-state index contributed by atoms with van der Waals surface area (Å²) in [5, 5.41) is 15.1. The van der Waals surface area contributed by atoms with Crippen molar-refractivity contribution in [2.45, 2.75) is 45.1 Å². The van der Waals surface area contributed by atoms with Crippen molar-refractivity contribution in [2.75, 3.05) is 13.1 Å². The van der Waals surface area contributed by atoms with E-state index in [0.29, 0.717) is 5.92 Å². The van der Waals surface area contributed by atoms with E-state index in [1.54, 1.807) is 0 Å². The van der Waals surface area contributed by atoms with Crippen molar-refractivity contribution in [3.05, 3.63) is 0 Å². The molecule has 0 spiro atoms. The van der Waals surface area contributed by atoms with Crippen LogP contribution in [-0.4, -0.2) is 36.1 Å². The molecular weight excluding hydrogens is 232 g/mol. The second-order valence-electron chi connectivity index (χ2n) is 5.83. The monoisotopic (exact) mass is 254 g/mol. The largest absolute Gasteiger partial charge is 0.481 e. The number of carbonyl (C=O) groups excluding carboxylic acids is 1. The molecule has 0 aromatic carbocycles. The highest BCUT2D eigenvalue weighted by molar-refractivity contribution is 5.83. The van der Waals surface area contributed by atoms with Gasteiger partial charge in [-0.2, -0.15) is 0 Å². The molecule has 1 aliphatic heterocycles. The summed E-state index contributed by atoms with van der Waals surface area (Å²) in [4.78, 5) is 23.1. The Morgan fingerprint density at radius 3 is 2.50 bits per heavy atom. The van der Waals surface area contributed by atoms with Gasteiger partial charge in [0, 0.05) is 11.5 Å². The number of rotatable bonds is 5. The summed E-state index contributed by atoms with van der Waals surface area (Å²) >= 11 is 0. The molecule has 2 rings (SSSR count). The highest BCUT2D eigenvalue weighted by Gasteiger charge is 2.39. The fourth-order valence-corrected chi connectivity index (χ4v) is 2.57. The molecule has 102 valence electrons. The summed E-state index contributed by atoms with van der Waals surface area (Å²) < 4.78 is 0. The predicted octanol–water partition coefficient (Wildman–Crippen LogP) is 0.746. The lowest BCUT2D eigenvalue weighted by molar-refractivity contribution is -0.138. The van der Waals surface area contributed by atoms with Crippen LogP contribution in [0.1, 0.15) is 39.0 Å². The zero-order chi connectivity index (χ0) is 13.2. The Bertz CT molecular complexity index is 333. The molecule has 2 fully saturated rings. The normalized spacial score (nSPS) is 24.3. The quantitative estimate of drug-likeness (QED) is 0.676. The van der Waals surface area contributed by atoms with Gasteiger partial charge in [-0.05, 0) is 44.7 Å². The fraction of sp³-hybridized carbons (Fsp3) is 0.846. The molecule has 0 aromatic heterocycles. The third-order valence-corrected chi connectivity index (χ3v) is 4.16. The maximum atomic E-state index is 12.3. The standard InChI is InChI=1S/C13H22N2O3/c1-13(4-6-14-7-5-13)12(18)15-10(8-11(16)17)9-2-3-9/h9-10,14H,2-8H2,1H3,(H,15,18)(H,16,17). The Balaban J connectivity index is 1.93. The molecule has 0 bridgehead atoms. The maximum Gasteiger partial charge on any atom is 0.305 e. The van der Waals surface area contributed by atoms with Crippen molar-refractivity contribution < 1.29 is 14.7 Å². The number of amides is 1. The summed E-state index contributed by atoms with van der Waals surface area (Å²) in [6.07, 6.45) is 3.77. The third-order valence-electron chi connectivity index (χ3n) is 4.16. The molecule has 0 radical (unpaired) electrons. The minimum Gasteiger partial charge on any atom is -0.481 e. The number of hydrogen-bond donors (Lipinski definition) is 3. The lowest BCUT2D eigenvalue weighted by atomic mass is 9.80. The Labute approximate surface area is 107 Å². The van der Waals surface area contributed by atoms with E-state index in [4.69, 9.17) is 5.11 Å². The average molecular weight is 254 g/mol. The van der Waals surface area contributed by atoms with Gasteiger partial charge >= 0.3 is 5.97 Å². The van der Waals surface area contributed by atoms with Crippen molar-refractivity contribution in [3.63, 3.8) is 0 Å². The van der Waals surface area contributed by atoms with E-state index in [1.165, 1.54) is 0 Å². The average Bonchev–Trinajstić information content (AvgIpc) is 3.12. The number of carbonyl (C=O) groups is 2. The van der Waals surface area contributed by atoms with Crippen LogP contribution in [0.3, 0.4) is 0 Å². The topological polar surface area (TPSA) is 78.4 Å². The van der Waals surface area contributed by atoms with E-state index < -0.39 is 5.97 Å². The second kappa shape index (κ2) is 5.26. The van der Waals surface area contributed by atoms with Crippen LogP contribution in [0.4, 0.5) is 0 Å². The Kier molecular flexibility index (Phi) is 3.90. The van der Waals surface area contributed by atoms with Crippen LogP contribution in [0.2, 0.25) is 0 Å². The van der Waals surface area contributed by atoms with Gasteiger partial charge in [-0.3, -0.25) is 9.59 Å². The van der Waals surface area contributed by atoms with Gasteiger partial charge in [0.15, 0.2) is 0 Å². The van der Waals surface area contributed by atoms with Crippen LogP contribution < -0.4 is 10.6 Å². The van der Waals surface area contributed by atoms with Gasteiger partial charge in [0.2, 0.25) is 5.91 Å². The van der Waals surface area contributed by atoms with Crippen molar-refractivity contribution in [1.82, 2.24) is 10.6 Å². The molecule has 0 aromatic rings. The van der Waals surface area contributed by atoms with Gasteiger partial charge in [-0.15, -0.1) is 0 Å². The lowest BCUT2D eigenvalue weighted by Gasteiger charge is -2.34. The number of hydrogen-bond acceptors (Lipinski definition) is 3. The maximum absolute atomic E-state index is 12.3. The van der Waals surface area contributed by atoms with E-state index in [2.05, 4.69) is 10.6 Å². The lowest BCUT2D eigenvalue weighted by Crippen LogP contribution is -2.49. The van der Waals surface area contributed by atoms with Crippen molar-refractivity contribution in [3.8, 4) is 0 Å². The van der Waals surface area contributed by atoms with E-state index >= 15 is 0 Å². The van der Waals surface area contributed by atoms with E-state index in [-0.39, 0.29) is 23.8 Å². The van der Waals surface area contributed by atoms with Crippen molar-refractivity contribution >= 4 is 11.9 Å². The first kappa shape index (κ1) is 13.3. The Hall–Kier alpha value is -1.10. The number of aliphatic carboxylic acids is 1. The molecule has 1 heterocycles. The molecule has 1 aliphatic carbocycles. The first-order valence-corrected chi connectivity index (χ1v) is 6.75. The molecule has 3 N–H and O–H groups in total. The molecule has 5 heteroatoms. The van der Waals surface area contributed by atoms with Crippen LogP contribution in [0.15, 0.2) is 0 Å². The minimum absolute atomic E-state index is 0.0298. The van der Waals surface area contributed by atoms with Crippen LogP contribution in [0, 0.1) is 11.3 Å². The predicted molar refractivity (Wildman–Crippen MR) is 67.1 cm³/mol. The fourth-order valence-electron chi connectivity index (χ4n) is 2.57. The van der Waals surface area contributed by atoms with Crippen LogP contribution in [-0.2, 0) is 9.59 Å². The van der Waals surface area contributed by atoms with E-state index in [0.717, 1.165) is 38.8 Å². The smallest absolute Gasteiger partial charge is 0.305 e. The molecule has 1 unspecified atom stereocenters. The first-order chi connectivity index (χ1) is 8.51. The Morgan fingerprint density at radius 1 is 1.39 bits per heavy atom. The molecular formula is C13H22N2O3. The zero-order valence-corrected chi connectivity index (χ0v) is 10.9. The number of nitrogens with one attached hydrogen (secondary N) is 2. The molecule has 5 nitrogen and oxygen atoms in total. The highest BCUT2D eigenvalue weighted by Crippen LogP contribution is 2.35. The molecule has 1 saturated carbocycles. The molecule has 2 aliphatic rings. The van der Waals surface area contributed by atoms with Gasteiger partial charge in [-0.25, -0.2) is 0 Å². The first-order valence-electron chi connectivity index (χ1n) is 6.75. The van der Waals surface area contributed by atoms with Crippen molar-refractivity contribution in [1.29, 1.82) is 0 Å². The molecule has 1 atom stereocenters. The molecule has 1 saturated heterocycles. The minimum atomic E-state index is -0.831. The van der Waals surface area contributed by atoms with Gasteiger partial charge in [0.25, 0.3) is 0 Å². The summed E-state index contributed by atoms with van der Waals surface area (Å²) in [6.45, 7) is 3.70. The second-order valence-corrected chi connectivity index (χ2v) is 5.83. The molecule has 18 heavy (non-hydrogen) atoms. The Morgan fingerprint density at radius 2 is 2.00 bits per heavy atom. The number of carboxylic acid groups (broad SMARTS) is 1. The van der Waals surface area contributed by atoms with Gasteiger partial charge < -0.3 is 15.7 Å². The summed E-state index contributed by atoms with van der Waals surface area (Å²) in [5.74, 6) is -0.430.